The van der Waals surface area contributed by atoms with Crippen molar-refractivity contribution in [2.75, 3.05) is 5.32 Å². The van der Waals surface area contributed by atoms with Gasteiger partial charge in [-0.1, -0.05) is 26.0 Å². The van der Waals surface area contributed by atoms with E-state index in [0.717, 1.165) is 18.0 Å². The average Bonchev–Trinajstić information content (AvgIpc) is 2.16. The topological polar surface area (TPSA) is 29.1 Å². The van der Waals surface area contributed by atoms with Gasteiger partial charge in [0.25, 0.3) is 0 Å². The molecule has 0 aliphatic carbocycles. The first-order valence-electron chi connectivity index (χ1n) is 5.01. The molecule has 0 saturated heterocycles. The van der Waals surface area contributed by atoms with Crippen LogP contribution >= 0.6 is 0 Å². The van der Waals surface area contributed by atoms with Crippen LogP contribution in [0.5, 0.6) is 0 Å². The van der Waals surface area contributed by atoms with E-state index in [1.54, 1.807) is 0 Å². The van der Waals surface area contributed by atoms with Gasteiger partial charge in [-0.15, -0.1) is 0 Å². The number of anilines is 1. The summed E-state index contributed by atoms with van der Waals surface area (Å²) in [6, 6.07) is 7.99. The highest BCUT2D eigenvalue weighted by atomic mass is 16.1. The van der Waals surface area contributed by atoms with Gasteiger partial charge in [-0.3, -0.25) is 4.79 Å². The first-order chi connectivity index (χ1) is 6.72. The average molecular weight is 191 g/mol. The van der Waals surface area contributed by atoms with Gasteiger partial charge in [0, 0.05) is 5.69 Å². The normalized spacial score (nSPS) is 10.2. The van der Waals surface area contributed by atoms with E-state index in [9.17, 15) is 4.79 Å². The van der Waals surface area contributed by atoms with Crippen LogP contribution in [0.25, 0.3) is 0 Å². The predicted molar refractivity (Wildman–Crippen MR) is 59.3 cm³/mol. The van der Waals surface area contributed by atoms with E-state index in [2.05, 4.69) is 25.2 Å². The molecule has 0 unspecified atom stereocenters. The molecule has 14 heavy (non-hydrogen) atoms. The Hall–Kier alpha value is -1.31. The molecule has 0 aliphatic rings. The highest BCUT2D eigenvalue weighted by Gasteiger charge is 1.97. The lowest BCUT2D eigenvalue weighted by atomic mass is 10.0. The van der Waals surface area contributed by atoms with Crippen LogP contribution in [0.2, 0.25) is 0 Å². The molecule has 2 heteroatoms. The second-order valence-electron chi connectivity index (χ2n) is 3.90. The third kappa shape index (κ3) is 3.60. The van der Waals surface area contributed by atoms with Crippen LogP contribution < -0.4 is 5.32 Å². The van der Waals surface area contributed by atoms with Crippen molar-refractivity contribution in [1.29, 1.82) is 0 Å². The number of carbonyl (C=O) groups is 1. The summed E-state index contributed by atoms with van der Waals surface area (Å²) < 4.78 is 0. The van der Waals surface area contributed by atoms with Gasteiger partial charge in [-0.2, -0.15) is 0 Å². The maximum Gasteiger partial charge on any atom is 0.211 e. The summed E-state index contributed by atoms with van der Waals surface area (Å²) in [4.78, 5) is 10.2. The van der Waals surface area contributed by atoms with Gasteiger partial charge in [0.1, 0.15) is 0 Å². The lowest BCUT2D eigenvalue weighted by molar-refractivity contribution is -0.105. The molecular formula is C12H17NO. The Kier molecular flexibility index (Phi) is 4.17. The fourth-order valence-electron chi connectivity index (χ4n) is 1.34. The summed E-state index contributed by atoms with van der Waals surface area (Å²) in [6.07, 6.45) is 2.97. The van der Waals surface area contributed by atoms with Crippen LogP contribution in [-0.4, -0.2) is 6.41 Å². The van der Waals surface area contributed by atoms with Crippen molar-refractivity contribution >= 4 is 12.1 Å². The Labute approximate surface area is 85.3 Å². The molecule has 1 amide bonds. The van der Waals surface area contributed by atoms with E-state index in [0.29, 0.717) is 6.41 Å². The van der Waals surface area contributed by atoms with E-state index in [4.69, 9.17) is 0 Å². The predicted octanol–water partition coefficient (Wildman–Crippen LogP) is 2.84. The molecule has 0 radical (unpaired) electrons. The van der Waals surface area contributed by atoms with Crippen LogP contribution in [0.1, 0.15) is 25.8 Å². The molecule has 0 fully saturated rings. The Morgan fingerprint density at radius 2 is 2.21 bits per heavy atom. The minimum absolute atomic E-state index is 0.710. The summed E-state index contributed by atoms with van der Waals surface area (Å²) in [6.45, 7) is 4.43. The van der Waals surface area contributed by atoms with Crippen LogP contribution in [-0.2, 0) is 11.2 Å². The number of carbonyl (C=O) groups excluding carboxylic acids is 1. The summed E-state index contributed by atoms with van der Waals surface area (Å²) >= 11 is 0. The van der Waals surface area contributed by atoms with Crippen LogP contribution in [0.15, 0.2) is 24.3 Å². The molecule has 1 rings (SSSR count). The van der Waals surface area contributed by atoms with E-state index in [1.807, 2.05) is 18.2 Å². The van der Waals surface area contributed by atoms with Gasteiger partial charge in [0.15, 0.2) is 0 Å². The zero-order chi connectivity index (χ0) is 10.4. The number of hydrogen-bond donors (Lipinski definition) is 1. The Morgan fingerprint density at radius 3 is 2.86 bits per heavy atom. The smallest absolute Gasteiger partial charge is 0.211 e. The lowest BCUT2D eigenvalue weighted by Crippen LogP contribution is -1.96. The molecule has 0 atom stereocenters. The number of hydrogen-bond acceptors (Lipinski definition) is 1. The second kappa shape index (κ2) is 5.43. The third-order valence-electron chi connectivity index (χ3n) is 2.16. The third-order valence-corrected chi connectivity index (χ3v) is 2.16. The zero-order valence-corrected chi connectivity index (χ0v) is 8.79. The Morgan fingerprint density at radius 1 is 1.43 bits per heavy atom. The molecular weight excluding hydrogens is 174 g/mol. The monoisotopic (exact) mass is 191 g/mol. The molecule has 0 bridgehead atoms. The fraction of sp³-hybridized carbons (Fsp3) is 0.417. The van der Waals surface area contributed by atoms with Crippen molar-refractivity contribution in [3.8, 4) is 0 Å². The molecule has 1 N–H and O–H groups in total. The molecule has 1 aromatic rings. The maximum absolute atomic E-state index is 10.2. The van der Waals surface area contributed by atoms with Crippen molar-refractivity contribution in [1.82, 2.24) is 0 Å². The van der Waals surface area contributed by atoms with Gasteiger partial charge >= 0.3 is 0 Å². The van der Waals surface area contributed by atoms with Crippen LogP contribution in [0.4, 0.5) is 5.69 Å². The summed E-state index contributed by atoms with van der Waals surface area (Å²) in [7, 11) is 0. The number of rotatable bonds is 5. The lowest BCUT2D eigenvalue weighted by Gasteiger charge is -2.06. The summed E-state index contributed by atoms with van der Waals surface area (Å²) in [5.41, 5.74) is 2.16. The second-order valence-corrected chi connectivity index (χ2v) is 3.90. The van der Waals surface area contributed by atoms with Crippen molar-refractivity contribution in [2.45, 2.75) is 26.7 Å². The SMILES string of the molecule is CC(C)CCc1cccc(NC=O)c1. The van der Waals surface area contributed by atoms with Gasteiger partial charge in [0.05, 0.1) is 0 Å². The van der Waals surface area contributed by atoms with Gasteiger partial charge in [0.2, 0.25) is 6.41 Å². The van der Waals surface area contributed by atoms with Crippen LogP contribution in [0, 0.1) is 5.92 Å². The van der Waals surface area contributed by atoms with Crippen molar-refractivity contribution < 1.29 is 4.79 Å². The molecule has 0 aliphatic heterocycles. The Balaban J connectivity index is 2.58. The van der Waals surface area contributed by atoms with Crippen molar-refractivity contribution in [3.05, 3.63) is 29.8 Å². The van der Waals surface area contributed by atoms with E-state index in [1.165, 1.54) is 12.0 Å². The highest BCUT2D eigenvalue weighted by Crippen LogP contribution is 2.13. The van der Waals surface area contributed by atoms with Gasteiger partial charge < -0.3 is 5.32 Å². The number of aryl methyl sites for hydroxylation is 1. The summed E-state index contributed by atoms with van der Waals surface area (Å²) in [5, 5.41) is 2.65. The number of amides is 1. The van der Waals surface area contributed by atoms with Crippen LogP contribution in [0.3, 0.4) is 0 Å². The molecule has 0 spiro atoms. The standard InChI is InChI=1S/C12H17NO/c1-10(2)6-7-11-4-3-5-12(8-11)13-9-14/h3-5,8-10H,6-7H2,1-2H3,(H,13,14). The Bertz CT molecular complexity index is 294. The number of nitrogens with one attached hydrogen (secondary N) is 1. The van der Waals surface area contributed by atoms with E-state index in [-0.39, 0.29) is 0 Å². The molecule has 0 heterocycles. The minimum atomic E-state index is 0.710. The molecule has 76 valence electrons. The quantitative estimate of drug-likeness (QED) is 0.712. The molecule has 0 aromatic heterocycles. The minimum Gasteiger partial charge on any atom is -0.329 e. The van der Waals surface area contributed by atoms with E-state index < -0.39 is 0 Å². The number of benzene rings is 1. The van der Waals surface area contributed by atoms with Gasteiger partial charge in [-0.25, -0.2) is 0 Å². The molecule has 2 nitrogen and oxygen atoms in total. The van der Waals surface area contributed by atoms with Crippen molar-refractivity contribution in [2.24, 2.45) is 5.92 Å². The zero-order valence-electron chi connectivity index (χ0n) is 8.79. The fourth-order valence-corrected chi connectivity index (χ4v) is 1.34. The summed E-state index contributed by atoms with van der Waals surface area (Å²) in [5.74, 6) is 0.720. The first kappa shape index (κ1) is 10.8. The maximum atomic E-state index is 10.2. The van der Waals surface area contributed by atoms with Gasteiger partial charge in [-0.05, 0) is 36.5 Å². The highest BCUT2D eigenvalue weighted by molar-refractivity contribution is 5.71. The molecule has 0 saturated carbocycles. The van der Waals surface area contributed by atoms with E-state index >= 15 is 0 Å². The molecule has 1 aromatic carbocycles. The largest absolute Gasteiger partial charge is 0.329 e. The first-order valence-corrected chi connectivity index (χ1v) is 5.01. The van der Waals surface area contributed by atoms with Crippen molar-refractivity contribution in [3.63, 3.8) is 0 Å².